The van der Waals surface area contributed by atoms with Crippen LogP contribution in [0.1, 0.15) is 16.7 Å². The third kappa shape index (κ3) is 4.20. The maximum Gasteiger partial charge on any atom is 0.0353 e. The van der Waals surface area contributed by atoms with Crippen LogP contribution < -0.4 is 0 Å². The molecule has 0 amide bonds. The van der Waals surface area contributed by atoms with Gasteiger partial charge in [0.05, 0.1) is 0 Å². The number of benzene rings is 3. The molecule has 0 aliphatic carbocycles. The Morgan fingerprint density at radius 2 is 1.36 bits per heavy atom. The molecule has 0 aromatic heterocycles. The van der Waals surface area contributed by atoms with E-state index in [0.29, 0.717) is 0 Å². The van der Waals surface area contributed by atoms with E-state index in [0.717, 1.165) is 0 Å². The van der Waals surface area contributed by atoms with Crippen LogP contribution in [0.2, 0.25) is 0 Å². The smallest absolute Gasteiger partial charge is 0.0353 e. The minimum absolute atomic E-state index is 0.0438. The van der Waals surface area contributed by atoms with Gasteiger partial charge in [0.15, 0.2) is 0 Å². The highest BCUT2D eigenvalue weighted by molar-refractivity contribution is 14.2. The first-order chi connectivity index (χ1) is 13.8. The van der Waals surface area contributed by atoms with Crippen molar-refractivity contribution in [3.63, 3.8) is 0 Å². The summed E-state index contributed by atoms with van der Waals surface area (Å²) >= 11 is 4.40. The van der Waals surface area contributed by atoms with E-state index in [1.54, 1.807) is 11.8 Å². The Morgan fingerprint density at radius 3 is 1.93 bits per heavy atom. The van der Waals surface area contributed by atoms with E-state index < -0.39 is 0 Å². The summed E-state index contributed by atoms with van der Waals surface area (Å²) < 4.78 is 0. The van der Waals surface area contributed by atoms with Crippen molar-refractivity contribution in [1.29, 1.82) is 0 Å². The van der Waals surface area contributed by atoms with Crippen LogP contribution in [0, 0.1) is 0 Å². The summed E-state index contributed by atoms with van der Waals surface area (Å²) in [6.45, 7) is 0.0438. The number of rotatable bonds is 5. The second-order valence-corrected chi connectivity index (χ2v) is 14.3. The molecule has 4 heteroatoms. The first-order valence-electron chi connectivity index (χ1n) is 8.89. The summed E-state index contributed by atoms with van der Waals surface area (Å²) in [6, 6.07) is 32.4. The van der Waals surface area contributed by atoms with Crippen molar-refractivity contribution in [1.82, 2.24) is 0 Å². The second-order valence-electron chi connectivity index (χ2n) is 6.21. The van der Waals surface area contributed by atoms with E-state index in [9.17, 15) is 0 Å². The van der Waals surface area contributed by atoms with Gasteiger partial charge >= 0.3 is 0 Å². The zero-order valence-corrected chi connectivity index (χ0v) is 19.9. The highest BCUT2D eigenvalue weighted by atomic mass is 127. The molecule has 1 heterocycles. The first-order valence-corrected chi connectivity index (χ1v) is 15.3. The Balaban J connectivity index is 1.95. The van der Waals surface area contributed by atoms with E-state index in [4.69, 9.17) is 0 Å². The fourth-order valence-corrected chi connectivity index (χ4v) is 10.1. The average molecular weight is 531 g/mol. The van der Waals surface area contributed by atoms with Crippen LogP contribution in [0.3, 0.4) is 0 Å². The van der Waals surface area contributed by atoms with Crippen LogP contribution >= 0.6 is 50.4 Å². The molecule has 1 aliphatic heterocycles. The topological polar surface area (TPSA) is 0 Å². The van der Waals surface area contributed by atoms with Gasteiger partial charge in [-0.2, -0.15) is 0 Å². The van der Waals surface area contributed by atoms with Crippen LogP contribution in [0.5, 0.6) is 0 Å². The van der Waals surface area contributed by atoms with Gasteiger partial charge in [-0.25, -0.2) is 0 Å². The van der Waals surface area contributed by atoms with Crippen LogP contribution in [-0.2, 0) is 0 Å². The first kappa shape index (κ1) is 20.1. The lowest BCUT2D eigenvalue weighted by Crippen LogP contribution is -2.04. The van der Waals surface area contributed by atoms with Gasteiger partial charge in [0.1, 0.15) is 0 Å². The van der Waals surface area contributed by atoms with Crippen molar-refractivity contribution >= 4 is 71.4 Å². The molecule has 0 nitrogen and oxygen atoms in total. The molecule has 1 aliphatic rings. The van der Waals surface area contributed by atoms with E-state index in [1.165, 1.54) is 37.6 Å². The Hall–Kier alpha value is -1.21. The molecule has 0 spiro atoms. The fourth-order valence-electron chi connectivity index (χ4n) is 3.20. The molecule has 3 aromatic rings. The lowest BCUT2D eigenvalue weighted by Gasteiger charge is -2.15. The quantitative estimate of drug-likeness (QED) is 0.141. The highest BCUT2D eigenvalue weighted by Crippen LogP contribution is 2.60. The molecular weight excluding hydrogens is 511 g/mol. The fraction of sp³-hybridized carbons (Fsp3) is 0.0417. The Labute approximate surface area is 189 Å². The van der Waals surface area contributed by atoms with E-state index in [1.807, 2.05) is 10.8 Å². The third-order valence-electron chi connectivity index (χ3n) is 4.43. The van der Waals surface area contributed by atoms with Gasteiger partial charge in [-0.05, 0) is 28.4 Å². The normalized spacial score (nSPS) is 17.3. The van der Waals surface area contributed by atoms with Crippen LogP contribution in [0.15, 0.2) is 96.4 Å². The molecule has 4 rings (SSSR count). The predicted octanol–water partition coefficient (Wildman–Crippen LogP) is 8.41. The van der Waals surface area contributed by atoms with Crippen molar-refractivity contribution < 1.29 is 0 Å². The van der Waals surface area contributed by atoms with Gasteiger partial charge in [0.2, 0.25) is 0 Å². The maximum atomic E-state index is 2.62. The summed E-state index contributed by atoms with van der Waals surface area (Å²) in [7, 11) is 1.99. The summed E-state index contributed by atoms with van der Waals surface area (Å²) in [4.78, 5) is 2.82. The molecule has 140 valence electrons. The lowest BCUT2D eigenvalue weighted by atomic mass is 9.93. The van der Waals surface area contributed by atoms with Crippen molar-refractivity contribution in [2.24, 2.45) is 0 Å². The molecule has 0 saturated carbocycles. The standard InChI is InChI=1S/C24H19IS3/c1-26-17-21(18-11-5-2-6-12-18)24-22(19-13-7-3-8-14-19)23(27-28(24)25)20-15-9-4-10-16-20/h2-17H,1H3/b21-17-. The maximum absolute atomic E-state index is 2.62. The second kappa shape index (κ2) is 9.53. The summed E-state index contributed by atoms with van der Waals surface area (Å²) in [5.74, 6) is 0. The van der Waals surface area contributed by atoms with Crippen LogP contribution in [-0.4, -0.2) is 11.1 Å². The van der Waals surface area contributed by atoms with Crippen molar-refractivity contribution in [3.05, 3.63) is 113 Å². The molecule has 0 N–H and O–H groups in total. The summed E-state index contributed by atoms with van der Waals surface area (Å²) in [5, 5.41) is 2.31. The average Bonchev–Trinajstić information content (AvgIpc) is 3.11. The Bertz CT molecular complexity index is 1050. The van der Waals surface area contributed by atoms with Gasteiger partial charge in [0, 0.05) is 42.1 Å². The molecule has 28 heavy (non-hydrogen) atoms. The molecule has 0 radical (unpaired) electrons. The number of thioether (sulfide) groups is 1. The molecule has 0 saturated heterocycles. The van der Waals surface area contributed by atoms with Crippen molar-refractivity contribution in [2.45, 2.75) is 0 Å². The van der Waals surface area contributed by atoms with Crippen molar-refractivity contribution in [2.75, 3.05) is 6.26 Å². The van der Waals surface area contributed by atoms with Gasteiger partial charge in [-0.1, -0.05) is 108 Å². The van der Waals surface area contributed by atoms with E-state index >= 15 is 0 Å². The van der Waals surface area contributed by atoms with Gasteiger partial charge < -0.3 is 0 Å². The van der Waals surface area contributed by atoms with Crippen molar-refractivity contribution in [3.8, 4) is 0 Å². The zero-order valence-electron chi connectivity index (χ0n) is 15.3. The third-order valence-corrected chi connectivity index (χ3v) is 10.8. The minimum atomic E-state index is 0.0438. The molecule has 1 unspecified atom stereocenters. The number of halogens is 1. The number of hydrogen-bond donors (Lipinski definition) is 0. The number of hydrogen-bond acceptors (Lipinski definition) is 2. The highest BCUT2D eigenvalue weighted by Gasteiger charge is 2.29. The van der Waals surface area contributed by atoms with Crippen LogP contribution in [0.25, 0.3) is 16.1 Å². The minimum Gasteiger partial charge on any atom is -0.137 e. The summed E-state index contributed by atoms with van der Waals surface area (Å²) in [5.41, 5.74) is 6.58. The Kier molecular flexibility index (Phi) is 6.83. The molecule has 1 atom stereocenters. The lowest BCUT2D eigenvalue weighted by molar-refractivity contribution is 1.62. The monoisotopic (exact) mass is 530 g/mol. The van der Waals surface area contributed by atoms with E-state index in [2.05, 4.69) is 124 Å². The molecule has 3 aromatic carbocycles. The SMILES string of the molecule is CS/C=C(\C1=S(I)SC(c2ccccc2)=C1c1ccccc1)c1ccccc1. The molecule has 0 bridgehead atoms. The summed E-state index contributed by atoms with van der Waals surface area (Å²) in [6.07, 6.45) is 2.14. The van der Waals surface area contributed by atoms with Gasteiger partial charge in [-0.3, -0.25) is 0 Å². The van der Waals surface area contributed by atoms with E-state index in [-0.39, 0.29) is 6.69 Å². The van der Waals surface area contributed by atoms with Gasteiger partial charge in [0.25, 0.3) is 0 Å². The van der Waals surface area contributed by atoms with Gasteiger partial charge in [-0.15, -0.1) is 11.8 Å². The predicted molar refractivity (Wildman–Crippen MR) is 142 cm³/mol. The van der Waals surface area contributed by atoms with Crippen LogP contribution in [0.4, 0.5) is 0 Å². The zero-order chi connectivity index (χ0) is 19.3. The largest absolute Gasteiger partial charge is 0.137 e. The molecule has 0 fully saturated rings. The molecular formula is C24H19IS3. The Morgan fingerprint density at radius 1 is 0.821 bits per heavy atom. The number of allylic oxidation sites excluding steroid dienone is 2.